The Bertz CT molecular complexity index is 957. The van der Waals surface area contributed by atoms with Crippen molar-refractivity contribution in [2.75, 3.05) is 0 Å². The molecule has 0 aliphatic rings. The van der Waals surface area contributed by atoms with Gasteiger partial charge in [-0.3, -0.25) is 14.3 Å². The van der Waals surface area contributed by atoms with Crippen LogP contribution in [0, 0.1) is 5.82 Å². The molecule has 6 nitrogen and oxygen atoms in total. The van der Waals surface area contributed by atoms with Gasteiger partial charge in [0.15, 0.2) is 5.65 Å². The molecule has 1 aromatic carbocycles. The van der Waals surface area contributed by atoms with E-state index in [9.17, 15) is 14.0 Å². The molecule has 108 valence electrons. The molecule has 0 radical (unpaired) electrons. The Morgan fingerprint density at radius 3 is 2.76 bits per heavy atom. The SMILES string of the molecule is CCn1c(=O)[nH]c(=O)c2[nH]c(-c3ccc(F)cc3Cl)nc21. The van der Waals surface area contributed by atoms with Gasteiger partial charge < -0.3 is 4.98 Å². The first-order valence-electron chi connectivity index (χ1n) is 6.19. The lowest BCUT2D eigenvalue weighted by molar-refractivity contribution is 0.628. The highest BCUT2D eigenvalue weighted by Gasteiger charge is 2.15. The fourth-order valence-electron chi connectivity index (χ4n) is 2.14. The molecule has 0 fully saturated rings. The molecule has 2 heterocycles. The summed E-state index contributed by atoms with van der Waals surface area (Å²) in [5.74, 6) is -0.170. The van der Waals surface area contributed by atoms with Gasteiger partial charge in [0.25, 0.3) is 5.56 Å². The molecule has 3 aromatic rings. The van der Waals surface area contributed by atoms with Gasteiger partial charge >= 0.3 is 5.69 Å². The summed E-state index contributed by atoms with van der Waals surface area (Å²) in [6, 6.07) is 3.85. The summed E-state index contributed by atoms with van der Waals surface area (Å²) >= 11 is 5.98. The van der Waals surface area contributed by atoms with Crippen molar-refractivity contribution in [2.45, 2.75) is 13.5 Å². The van der Waals surface area contributed by atoms with E-state index in [0.29, 0.717) is 17.9 Å². The number of fused-ring (bicyclic) bond motifs is 1. The Labute approximate surface area is 122 Å². The first-order valence-corrected chi connectivity index (χ1v) is 6.57. The van der Waals surface area contributed by atoms with Gasteiger partial charge in [-0.25, -0.2) is 14.2 Å². The summed E-state index contributed by atoms with van der Waals surface area (Å²) in [7, 11) is 0. The molecule has 0 atom stereocenters. The number of aryl methyl sites for hydroxylation is 1. The van der Waals surface area contributed by atoms with Crippen LogP contribution < -0.4 is 11.2 Å². The van der Waals surface area contributed by atoms with Crippen LogP contribution in [0.4, 0.5) is 4.39 Å². The number of nitrogens with one attached hydrogen (secondary N) is 2. The van der Waals surface area contributed by atoms with E-state index in [4.69, 9.17) is 11.6 Å². The van der Waals surface area contributed by atoms with Gasteiger partial charge in [0.1, 0.15) is 17.2 Å². The minimum absolute atomic E-state index is 0.163. The van der Waals surface area contributed by atoms with Crippen molar-refractivity contribution in [1.29, 1.82) is 0 Å². The number of hydrogen-bond donors (Lipinski definition) is 2. The van der Waals surface area contributed by atoms with E-state index in [-0.39, 0.29) is 16.2 Å². The summed E-state index contributed by atoms with van der Waals surface area (Å²) in [5, 5.41) is 0.163. The van der Waals surface area contributed by atoms with E-state index < -0.39 is 17.1 Å². The number of halogens is 2. The van der Waals surface area contributed by atoms with Crippen LogP contribution in [0.5, 0.6) is 0 Å². The van der Waals surface area contributed by atoms with E-state index in [1.807, 2.05) is 0 Å². The van der Waals surface area contributed by atoms with Gasteiger partial charge in [-0.15, -0.1) is 0 Å². The van der Waals surface area contributed by atoms with Gasteiger partial charge in [-0.05, 0) is 25.1 Å². The second-order valence-corrected chi connectivity index (χ2v) is 4.82. The van der Waals surface area contributed by atoms with Gasteiger partial charge in [0.2, 0.25) is 0 Å². The summed E-state index contributed by atoms with van der Waals surface area (Å²) in [6.07, 6.45) is 0. The molecule has 0 spiro atoms. The molecule has 0 amide bonds. The van der Waals surface area contributed by atoms with Crippen molar-refractivity contribution >= 4 is 22.8 Å². The van der Waals surface area contributed by atoms with E-state index in [1.54, 1.807) is 6.92 Å². The van der Waals surface area contributed by atoms with Crippen LogP contribution in [0.3, 0.4) is 0 Å². The van der Waals surface area contributed by atoms with Crippen LogP contribution in [0.2, 0.25) is 5.02 Å². The second kappa shape index (κ2) is 4.85. The number of aromatic nitrogens is 4. The number of nitrogens with zero attached hydrogens (tertiary/aromatic N) is 2. The second-order valence-electron chi connectivity index (χ2n) is 4.41. The molecule has 0 unspecified atom stereocenters. The van der Waals surface area contributed by atoms with E-state index in [1.165, 1.54) is 16.7 Å². The third kappa shape index (κ3) is 2.15. The summed E-state index contributed by atoms with van der Waals surface area (Å²) < 4.78 is 14.4. The van der Waals surface area contributed by atoms with Crippen molar-refractivity contribution in [3.8, 4) is 11.4 Å². The minimum Gasteiger partial charge on any atom is -0.332 e. The number of benzene rings is 1. The molecule has 8 heteroatoms. The number of H-pyrrole nitrogens is 2. The largest absolute Gasteiger partial charge is 0.332 e. The summed E-state index contributed by atoms with van der Waals surface area (Å²) in [6.45, 7) is 2.12. The maximum atomic E-state index is 13.1. The Hall–Kier alpha value is -2.41. The first-order chi connectivity index (χ1) is 10.0. The van der Waals surface area contributed by atoms with Gasteiger partial charge in [0, 0.05) is 12.1 Å². The minimum atomic E-state index is -0.559. The van der Waals surface area contributed by atoms with Crippen LogP contribution in [0.25, 0.3) is 22.6 Å². The molecule has 2 N–H and O–H groups in total. The number of rotatable bonds is 2. The monoisotopic (exact) mass is 308 g/mol. The number of imidazole rings is 1. The van der Waals surface area contributed by atoms with E-state index >= 15 is 0 Å². The normalized spacial score (nSPS) is 11.2. The highest BCUT2D eigenvalue weighted by Crippen LogP contribution is 2.27. The highest BCUT2D eigenvalue weighted by molar-refractivity contribution is 6.33. The van der Waals surface area contributed by atoms with Crippen LogP contribution in [-0.4, -0.2) is 19.5 Å². The lowest BCUT2D eigenvalue weighted by Crippen LogP contribution is -2.29. The highest BCUT2D eigenvalue weighted by atomic mass is 35.5. The Kier molecular flexibility index (Phi) is 3.13. The molecule has 21 heavy (non-hydrogen) atoms. The maximum Gasteiger partial charge on any atom is 0.330 e. The third-order valence-corrected chi connectivity index (χ3v) is 3.45. The molecule has 0 saturated carbocycles. The quantitative estimate of drug-likeness (QED) is 0.758. The molecular weight excluding hydrogens is 299 g/mol. The molecular formula is C13H10ClFN4O2. The van der Waals surface area contributed by atoms with Crippen LogP contribution in [0.1, 0.15) is 6.92 Å². The van der Waals surface area contributed by atoms with Gasteiger partial charge in [0.05, 0.1) is 5.02 Å². The predicted octanol–water partition coefficient (Wildman–Crippen LogP) is 1.89. The molecule has 3 rings (SSSR count). The molecule has 2 aromatic heterocycles. The lowest BCUT2D eigenvalue weighted by atomic mass is 10.2. The average Bonchev–Trinajstić information content (AvgIpc) is 2.84. The maximum absolute atomic E-state index is 13.1. The van der Waals surface area contributed by atoms with Crippen LogP contribution in [0.15, 0.2) is 27.8 Å². The summed E-state index contributed by atoms with van der Waals surface area (Å²) in [5.41, 5.74) is -0.229. The van der Waals surface area contributed by atoms with Gasteiger partial charge in [-0.1, -0.05) is 11.6 Å². The van der Waals surface area contributed by atoms with Crippen LogP contribution in [-0.2, 0) is 6.54 Å². The van der Waals surface area contributed by atoms with Crippen molar-refractivity contribution in [3.05, 3.63) is 49.9 Å². The fourth-order valence-corrected chi connectivity index (χ4v) is 2.40. The average molecular weight is 309 g/mol. The zero-order chi connectivity index (χ0) is 15.1. The van der Waals surface area contributed by atoms with Crippen molar-refractivity contribution in [2.24, 2.45) is 0 Å². The summed E-state index contributed by atoms with van der Waals surface area (Å²) in [4.78, 5) is 32.8. The lowest BCUT2D eigenvalue weighted by Gasteiger charge is -2.00. The van der Waals surface area contributed by atoms with Crippen molar-refractivity contribution < 1.29 is 4.39 Å². The van der Waals surface area contributed by atoms with Gasteiger partial charge in [-0.2, -0.15) is 0 Å². The zero-order valence-corrected chi connectivity index (χ0v) is 11.7. The topological polar surface area (TPSA) is 83.5 Å². The third-order valence-electron chi connectivity index (χ3n) is 3.14. The molecule has 0 aliphatic carbocycles. The van der Waals surface area contributed by atoms with Crippen LogP contribution >= 0.6 is 11.6 Å². The Balaban J connectivity index is 2.33. The van der Waals surface area contributed by atoms with E-state index in [2.05, 4.69) is 15.0 Å². The standard InChI is InChI=1S/C13H10ClFN4O2/c1-2-19-11-9(12(20)18-13(19)21)16-10(17-11)7-4-3-6(15)5-8(7)14/h3-5H,2H2,1H3,(H,16,17)(H,18,20,21). The number of hydrogen-bond acceptors (Lipinski definition) is 3. The first kappa shape index (κ1) is 13.6. The zero-order valence-electron chi connectivity index (χ0n) is 10.9. The number of aromatic amines is 2. The molecule has 0 aliphatic heterocycles. The Morgan fingerprint density at radius 1 is 1.33 bits per heavy atom. The van der Waals surface area contributed by atoms with Crippen molar-refractivity contribution in [1.82, 2.24) is 19.5 Å². The smallest absolute Gasteiger partial charge is 0.330 e. The fraction of sp³-hybridized carbons (Fsp3) is 0.154. The molecule has 0 saturated heterocycles. The van der Waals surface area contributed by atoms with E-state index in [0.717, 1.165) is 6.07 Å². The predicted molar refractivity (Wildman–Crippen MR) is 77.1 cm³/mol. The van der Waals surface area contributed by atoms with Crippen molar-refractivity contribution in [3.63, 3.8) is 0 Å². The molecule has 0 bridgehead atoms. The Morgan fingerprint density at radius 2 is 2.10 bits per heavy atom.